The van der Waals surface area contributed by atoms with Crippen molar-refractivity contribution in [3.05, 3.63) is 88.4 Å². The highest BCUT2D eigenvalue weighted by Crippen LogP contribution is 2.30. The van der Waals surface area contributed by atoms with Gasteiger partial charge in [0.25, 0.3) is 0 Å². The van der Waals surface area contributed by atoms with E-state index in [1.54, 1.807) is 20.2 Å². The highest BCUT2D eigenvalue weighted by molar-refractivity contribution is 7.81. The zero-order valence-electron chi connectivity index (χ0n) is 18.8. The Bertz CT molecular complexity index is 1190. The molecule has 0 saturated heterocycles. The average Bonchev–Trinajstić information content (AvgIpc) is 2.78. The molecule has 7 heteroatoms. The number of halogens is 1. The molecule has 3 aromatic carbocycles. The Morgan fingerprint density at radius 2 is 1.58 bits per heavy atom. The number of benzene rings is 3. The van der Waals surface area contributed by atoms with Crippen LogP contribution in [0.4, 0.5) is 17.1 Å². The quantitative estimate of drug-likeness (QED) is 0.309. The van der Waals surface area contributed by atoms with Gasteiger partial charge < -0.3 is 15.5 Å². The summed E-state index contributed by atoms with van der Waals surface area (Å²) in [7, 11) is 3.34. The fraction of sp³-hybridized carbons (Fsp3) is 0.192. The average molecular weight is 480 g/mol. The van der Waals surface area contributed by atoms with Crippen LogP contribution in [0.2, 0.25) is 5.02 Å². The topological polar surface area (TPSA) is 61.4 Å². The largest absolute Gasteiger partial charge is 0.354 e. The van der Waals surface area contributed by atoms with Crippen LogP contribution in [-0.2, 0) is 9.59 Å². The molecule has 0 radical (unpaired) electrons. The summed E-state index contributed by atoms with van der Waals surface area (Å²) in [5.74, 6) is -0.314. The van der Waals surface area contributed by atoms with Crippen molar-refractivity contribution in [3.8, 4) is 0 Å². The van der Waals surface area contributed by atoms with E-state index in [9.17, 15) is 9.59 Å². The summed E-state index contributed by atoms with van der Waals surface area (Å²) in [6.07, 6.45) is 0.272. The van der Waals surface area contributed by atoms with Crippen LogP contribution >= 0.6 is 23.8 Å². The van der Waals surface area contributed by atoms with Gasteiger partial charge in [-0.05, 0) is 48.4 Å². The molecule has 3 aromatic rings. The number of carbonyl (C=O) groups excluding carboxylic acids is 2. The minimum atomic E-state index is -0.226. The highest BCUT2D eigenvalue weighted by Gasteiger charge is 2.13. The van der Waals surface area contributed by atoms with Crippen molar-refractivity contribution in [2.24, 2.45) is 0 Å². The summed E-state index contributed by atoms with van der Waals surface area (Å²) in [4.78, 5) is 26.2. The van der Waals surface area contributed by atoms with Crippen LogP contribution < -0.4 is 10.6 Å². The van der Waals surface area contributed by atoms with E-state index in [0.717, 1.165) is 28.1 Å². The summed E-state index contributed by atoms with van der Waals surface area (Å²) in [5.41, 5.74) is 4.97. The van der Waals surface area contributed by atoms with Gasteiger partial charge in [-0.25, -0.2) is 0 Å². The van der Waals surface area contributed by atoms with E-state index in [2.05, 4.69) is 10.6 Å². The van der Waals surface area contributed by atoms with E-state index in [-0.39, 0.29) is 24.7 Å². The van der Waals surface area contributed by atoms with Crippen LogP contribution in [0.5, 0.6) is 0 Å². The molecular formula is C26H26ClN3O2S. The predicted molar refractivity (Wildman–Crippen MR) is 140 cm³/mol. The SMILES string of the molecule is Cc1ccccc1C(=S)c1ccc(Nc2ccccc2NC(=O)CCC(=O)N(C)C)cc1Cl. The number of carbonyl (C=O) groups is 2. The smallest absolute Gasteiger partial charge is 0.224 e. The van der Waals surface area contributed by atoms with Gasteiger partial charge in [0.15, 0.2) is 0 Å². The minimum absolute atomic E-state index is 0.0881. The molecule has 2 amide bonds. The number of thiocarbonyl (C=S) groups is 1. The van der Waals surface area contributed by atoms with Crippen molar-refractivity contribution in [1.82, 2.24) is 4.90 Å². The number of rotatable bonds is 8. The summed E-state index contributed by atoms with van der Waals surface area (Å²) in [6.45, 7) is 2.02. The van der Waals surface area contributed by atoms with E-state index in [4.69, 9.17) is 23.8 Å². The lowest BCUT2D eigenvalue weighted by atomic mass is 10.00. The number of aryl methyl sites for hydroxylation is 1. The Morgan fingerprint density at radius 1 is 0.909 bits per heavy atom. The number of hydrogen-bond donors (Lipinski definition) is 2. The van der Waals surface area contributed by atoms with Gasteiger partial charge in [0, 0.05) is 38.2 Å². The van der Waals surface area contributed by atoms with Gasteiger partial charge in [-0.3, -0.25) is 9.59 Å². The third-order valence-electron chi connectivity index (χ3n) is 5.15. The Balaban J connectivity index is 1.73. The van der Waals surface area contributed by atoms with E-state index in [0.29, 0.717) is 15.6 Å². The summed E-state index contributed by atoms with van der Waals surface area (Å²) >= 11 is 12.3. The van der Waals surface area contributed by atoms with Crippen LogP contribution in [-0.4, -0.2) is 35.7 Å². The monoisotopic (exact) mass is 479 g/mol. The van der Waals surface area contributed by atoms with Gasteiger partial charge in [-0.2, -0.15) is 0 Å². The molecule has 0 atom stereocenters. The van der Waals surface area contributed by atoms with E-state index >= 15 is 0 Å². The molecule has 170 valence electrons. The first-order chi connectivity index (χ1) is 15.8. The molecule has 0 fully saturated rings. The minimum Gasteiger partial charge on any atom is -0.354 e. The Morgan fingerprint density at radius 3 is 2.24 bits per heavy atom. The number of para-hydroxylation sites is 2. The first-order valence-corrected chi connectivity index (χ1v) is 11.3. The lowest BCUT2D eigenvalue weighted by Crippen LogP contribution is -2.23. The molecule has 5 nitrogen and oxygen atoms in total. The number of nitrogens with one attached hydrogen (secondary N) is 2. The standard InChI is InChI=1S/C26H26ClN3O2S/c1-17-8-4-5-9-19(17)26(33)20-13-12-18(16-21(20)27)28-22-10-6-7-11-23(22)29-24(31)14-15-25(32)30(2)3/h4-13,16,28H,14-15H2,1-3H3,(H,29,31). The third-order valence-corrected chi connectivity index (χ3v) is 5.90. The number of hydrogen-bond acceptors (Lipinski definition) is 4. The second-order valence-electron chi connectivity index (χ2n) is 7.85. The van der Waals surface area contributed by atoms with Gasteiger partial charge in [-0.1, -0.05) is 60.2 Å². The maximum absolute atomic E-state index is 12.3. The molecule has 2 N–H and O–H groups in total. The lowest BCUT2D eigenvalue weighted by molar-refractivity contribution is -0.130. The number of nitrogens with zero attached hydrogens (tertiary/aromatic N) is 1. The predicted octanol–water partition coefficient (Wildman–Crippen LogP) is 5.97. The van der Waals surface area contributed by atoms with Crippen LogP contribution in [0.15, 0.2) is 66.7 Å². The zero-order valence-corrected chi connectivity index (χ0v) is 20.4. The molecular weight excluding hydrogens is 454 g/mol. The molecule has 0 bridgehead atoms. The molecule has 0 spiro atoms. The summed E-state index contributed by atoms with van der Waals surface area (Å²) in [5, 5.41) is 6.71. The fourth-order valence-electron chi connectivity index (χ4n) is 3.26. The maximum Gasteiger partial charge on any atom is 0.224 e. The Labute approximate surface area is 204 Å². The van der Waals surface area contributed by atoms with E-state index in [1.165, 1.54) is 4.90 Å². The summed E-state index contributed by atoms with van der Waals surface area (Å²) in [6, 6.07) is 20.9. The van der Waals surface area contributed by atoms with Crippen LogP contribution in [0.1, 0.15) is 29.5 Å². The van der Waals surface area contributed by atoms with Gasteiger partial charge in [0.2, 0.25) is 11.8 Å². The van der Waals surface area contributed by atoms with Crippen molar-refractivity contribution in [1.29, 1.82) is 0 Å². The van der Waals surface area contributed by atoms with Crippen molar-refractivity contribution in [2.75, 3.05) is 24.7 Å². The lowest BCUT2D eigenvalue weighted by Gasteiger charge is -2.15. The third kappa shape index (κ3) is 6.40. The molecule has 0 aliphatic heterocycles. The summed E-state index contributed by atoms with van der Waals surface area (Å²) < 4.78 is 0. The fourth-order valence-corrected chi connectivity index (χ4v) is 4.00. The molecule has 0 aliphatic rings. The molecule has 0 aromatic heterocycles. The van der Waals surface area contributed by atoms with Crippen molar-refractivity contribution < 1.29 is 9.59 Å². The normalized spacial score (nSPS) is 10.4. The van der Waals surface area contributed by atoms with E-state index < -0.39 is 0 Å². The number of amides is 2. The molecule has 0 aliphatic carbocycles. The van der Waals surface area contributed by atoms with Crippen LogP contribution in [0, 0.1) is 6.92 Å². The van der Waals surface area contributed by atoms with Gasteiger partial charge in [0.05, 0.1) is 21.3 Å². The van der Waals surface area contributed by atoms with Gasteiger partial charge in [-0.15, -0.1) is 0 Å². The van der Waals surface area contributed by atoms with Crippen molar-refractivity contribution in [2.45, 2.75) is 19.8 Å². The van der Waals surface area contributed by atoms with Gasteiger partial charge >= 0.3 is 0 Å². The molecule has 3 rings (SSSR count). The highest BCUT2D eigenvalue weighted by atomic mass is 35.5. The molecule has 0 heterocycles. The molecule has 33 heavy (non-hydrogen) atoms. The molecule has 0 saturated carbocycles. The van der Waals surface area contributed by atoms with Gasteiger partial charge in [0.1, 0.15) is 0 Å². The maximum atomic E-state index is 12.3. The van der Waals surface area contributed by atoms with Crippen molar-refractivity contribution in [3.63, 3.8) is 0 Å². The Kier molecular flexibility index (Phi) is 8.20. The van der Waals surface area contributed by atoms with E-state index in [1.807, 2.05) is 67.6 Å². The molecule has 0 unspecified atom stereocenters. The first-order valence-electron chi connectivity index (χ1n) is 10.5. The second-order valence-corrected chi connectivity index (χ2v) is 8.66. The van der Waals surface area contributed by atoms with Crippen LogP contribution in [0.3, 0.4) is 0 Å². The van der Waals surface area contributed by atoms with Crippen LogP contribution in [0.25, 0.3) is 0 Å². The second kappa shape index (κ2) is 11.1. The zero-order chi connectivity index (χ0) is 24.0. The van der Waals surface area contributed by atoms with Crippen molar-refractivity contribution >= 4 is 57.6 Å². The first kappa shape index (κ1) is 24.4. The Hall–Kier alpha value is -3.22. The number of anilines is 3.